The highest BCUT2D eigenvalue weighted by atomic mass is 16.6. The minimum absolute atomic E-state index is 0.0991. The van der Waals surface area contributed by atoms with Gasteiger partial charge in [0.25, 0.3) is 11.6 Å². The quantitative estimate of drug-likeness (QED) is 0.280. The predicted octanol–water partition coefficient (Wildman–Crippen LogP) is 4.03. The summed E-state index contributed by atoms with van der Waals surface area (Å²) < 4.78 is 0. The zero-order chi connectivity index (χ0) is 24.2. The Bertz CT molecular complexity index is 1280. The van der Waals surface area contributed by atoms with Crippen LogP contribution in [0.3, 0.4) is 0 Å². The van der Waals surface area contributed by atoms with E-state index in [9.17, 15) is 19.7 Å². The highest BCUT2D eigenvalue weighted by Crippen LogP contribution is 2.39. The predicted molar refractivity (Wildman–Crippen MR) is 132 cm³/mol. The number of amides is 2. The number of nitro benzene ring substituents is 1. The molecule has 0 atom stereocenters. The molecule has 0 saturated carbocycles. The lowest BCUT2D eigenvalue weighted by atomic mass is 9.99. The molecule has 3 aromatic rings. The molecule has 3 aromatic carbocycles. The molecule has 0 aliphatic carbocycles. The van der Waals surface area contributed by atoms with Gasteiger partial charge in [-0.25, -0.2) is 0 Å². The van der Waals surface area contributed by atoms with Crippen LogP contribution in [0.1, 0.15) is 11.1 Å². The fourth-order valence-corrected chi connectivity index (χ4v) is 3.67. The highest BCUT2D eigenvalue weighted by Gasteiger charge is 2.30. The molecule has 1 aliphatic heterocycles. The number of hydrogen-bond acceptors (Lipinski definition) is 6. The molecule has 0 radical (unpaired) electrons. The van der Waals surface area contributed by atoms with Crippen LogP contribution >= 0.6 is 0 Å². The van der Waals surface area contributed by atoms with Crippen molar-refractivity contribution in [2.75, 3.05) is 36.6 Å². The van der Waals surface area contributed by atoms with Gasteiger partial charge >= 0.3 is 0 Å². The molecule has 2 amide bonds. The van der Waals surface area contributed by atoms with Crippen LogP contribution in [-0.4, -0.2) is 42.3 Å². The number of benzene rings is 3. The van der Waals surface area contributed by atoms with Crippen molar-refractivity contribution in [1.82, 2.24) is 4.90 Å². The number of fused-ring (bicyclic) bond motifs is 1. The molecule has 0 spiro atoms. The van der Waals surface area contributed by atoms with Crippen molar-refractivity contribution in [3.05, 3.63) is 94.0 Å². The van der Waals surface area contributed by atoms with Gasteiger partial charge in [0.2, 0.25) is 5.91 Å². The molecule has 3 N–H and O–H groups in total. The second-order valence-electron chi connectivity index (χ2n) is 8.05. The zero-order valence-corrected chi connectivity index (χ0v) is 18.7. The molecule has 9 heteroatoms. The van der Waals surface area contributed by atoms with E-state index >= 15 is 0 Å². The lowest BCUT2D eigenvalue weighted by Crippen LogP contribution is -2.27. The monoisotopic (exact) mass is 457 g/mol. The van der Waals surface area contributed by atoms with E-state index in [2.05, 4.69) is 16.0 Å². The lowest BCUT2D eigenvalue weighted by molar-refractivity contribution is -0.384. The van der Waals surface area contributed by atoms with Crippen molar-refractivity contribution in [1.29, 1.82) is 0 Å². The Labute approximate surface area is 196 Å². The largest absolute Gasteiger partial charge is 0.354 e. The van der Waals surface area contributed by atoms with Crippen molar-refractivity contribution in [3.63, 3.8) is 0 Å². The molecule has 172 valence electrons. The van der Waals surface area contributed by atoms with Crippen LogP contribution in [0, 0.1) is 10.1 Å². The fraction of sp³-hybridized carbons (Fsp3) is 0.120. The molecule has 1 aliphatic rings. The zero-order valence-electron chi connectivity index (χ0n) is 18.7. The minimum atomic E-state index is -0.486. The summed E-state index contributed by atoms with van der Waals surface area (Å²) in [6, 6.07) is 20.7. The number of non-ortho nitro benzene ring substituents is 1. The first kappa shape index (κ1) is 22.7. The molecule has 0 fully saturated rings. The van der Waals surface area contributed by atoms with E-state index in [4.69, 9.17) is 0 Å². The summed E-state index contributed by atoms with van der Waals surface area (Å²) in [7, 11) is 3.63. The molecule has 0 saturated heterocycles. The van der Waals surface area contributed by atoms with Crippen molar-refractivity contribution in [2.45, 2.75) is 0 Å². The van der Waals surface area contributed by atoms with E-state index in [0.29, 0.717) is 33.9 Å². The Morgan fingerprint density at radius 1 is 0.971 bits per heavy atom. The maximum Gasteiger partial charge on any atom is 0.270 e. The SMILES string of the molecule is CN(C)CC(=O)Nc1ccc(NC(=C2C(=O)Nc3ccc([N+](=O)[O-])cc32)c2ccccc2)cc1. The molecule has 34 heavy (non-hydrogen) atoms. The summed E-state index contributed by atoms with van der Waals surface area (Å²) in [4.78, 5) is 37.6. The van der Waals surface area contributed by atoms with Crippen molar-refractivity contribution in [3.8, 4) is 0 Å². The third kappa shape index (κ3) is 4.94. The smallest absolute Gasteiger partial charge is 0.270 e. The summed E-state index contributed by atoms with van der Waals surface area (Å²) in [5.74, 6) is -0.479. The average molecular weight is 457 g/mol. The van der Waals surface area contributed by atoms with E-state index in [1.54, 1.807) is 29.2 Å². The second kappa shape index (κ2) is 9.55. The minimum Gasteiger partial charge on any atom is -0.354 e. The van der Waals surface area contributed by atoms with Gasteiger partial charge in [0.1, 0.15) is 0 Å². The number of carbonyl (C=O) groups excluding carboxylic acids is 2. The molecular formula is C25H23N5O4. The lowest BCUT2D eigenvalue weighted by Gasteiger charge is -2.15. The number of hydrogen-bond donors (Lipinski definition) is 3. The molecule has 4 rings (SSSR count). The molecule has 0 aromatic heterocycles. The van der Waals surface area contributed by atoms with E-state index in [0.717, 1.165) is 5.56 Å². The molecule has 1 heterocycles. The first-order valence-corrected chi connectivity index (χ1v) is 10.5. The van der Waals surface area contributed by atoms with E-state index < -0.39 is 4.92 Å². The number of likely N-dealkylation sites (N-methyl/N-ethyl adjacent to an activating group) is 1. The van der Waals surface area contributed by atoms with Crippen LogP contribution in [0.2, 0.25) is 0 Å². The van der Waals surface area contributed by atoms with Crippen LogP contribution in [-0.2, 0) is 9.59 Å². The highest BCUT2D eigenvalue weighted by molar-refractivity contribution is 6.37. The van der Waals surface area contributed by atoms with Gasteiger partial charge in [0, 0.05) is 34.8 Å². The topological polar surface area (TPSA) is 117 Å². The van der Waals surface area contributed by atoms with Gasteiger partial charge in [-0.05, 0) is 50.0 Å². The maximum atomic E-state index is 13.0. The van der Waals surface area contributed by atoms with Gasteiger partial charge in [-0.2, -0.15) is 0 Å². The number of anilines is 3. The van der Waals surface area contributed by atoms with Crippen molar-refractivity contribution in [2.24, 2.45) is 0 Å². The standard InChI is InChI=1S/C25H23N5O4/c1-29(2)15-22(31)26-17-8-10-18(11-9-17)27-24(16-6-4-3-5-7-16)23-20-14-19(30(33)34)12-13-21(20)28-25(23)32/h3-14,27H,15H2,1-2H3,(H,26,31)(H,28,32). The number of nitro groups is 1. The summed E-state index contributed by atoms with van der Waals surface area (Å²) in [6.45, 7) is 0.269. The Morgan fingerprint density at radius 3 is 2.24 bits per heavy atom. The Kier molecular flexibility index (Phi) is 6.37. The van der Waals surface area contributed by atoms with Gasteiger partial charge in [-0.3, -0.25) is 19.7 Å². The third-order valence-corrected chi connectivity index (χ3v) is 5.17. The first-order valence-electron chi connectivity index (χ1n) is 10.5. The molecule has 0 bridgehead atoms. The van der Waals surface area contributed by atoms with Crippen LogP contribution in [0.4, 0.5) is 22.7 Å². The van der Waals surface area contributed by atoms with Crippen molar-refractivity contribution >= 4 is 45.8 Å². The maximum absolute atomic E-state index is 13.0. The van der Waals surface area contributed by atoms with Gasteiger partial charge in [-0.1, -0.05) is 30.3 Å². The summed E-state index contributed by atoms with van der Waals surface area (Å²) in [5.41, 5.74) is 3.77. The Morgan fingerprint density at radius 2 is 1.62 bits per heavy atom. The van der Waals surface area contributed by atoms with Crippen LogP contribution in [0.15, 0.2) is 72.8 Å². The average Bonchev–Trinajstić information content (AvgIpc) is 3.13. The van der Waals surface area contributed by atoms with E-state index in [1.807, 2.05) is 44.4 Å². The molecule has 0 unspecified atom stereocenters. The number of rotatable bonds is 7. The number of nitrogens with one attached hydrogen (secondary N) is 3. The fourth-order valence-electron chi connectivity index (χ4n) is 3.67. The first-order chi connectivity index (χ1) is 16.3. The molecular weight excluding hydrogens is 434 g/mol. The summed E-state index contributed by atoms with van der Waals surface area (Å²) in [5, 5.41) is 20.2. The van der Waals surface area contributed by atoms with Gasteiger partial charge in [0.05, 0.1) is 22.7 Å². The summed E-state index contributed by atoms with van der Waals surface area (Å²) >= 11 is 0. The van der Waals surface area contributed by atoms with Gasteiger partial charge < -0.3 is 20.9 Å². The van der Waals surface area contributed by atoms with Crippen molar-refractivity contribution < 1.29 is 14.5 Å². The van der Waals surface area contributed by atoms with Crippen LogP contribution in [0.5, 0.6) is 0 Å². The third-order valence-electron chi connectivity index (χ3n) is 5.17. The second-order valence-corrected chi connectivity index (χ2v) is 8.05. The number of carbonyl (C=O) groups is 2. The van der Waals surface area contributed by atoms with Crippen LogP contribution in [0.25, 0.3) is 11.3 Å². The molecule has 9 nitrogen and oxygen atoms in total. The van der Waals surface area contributed by atoms with Crippen LogP contribution < -0.4 is 16.0 Å². The van der Waals surface area contributed by atoms with Gasteiger partial charge in [-0.15, -0.1) is 0 Å². The van der Waals surface area contributed by atoms with E-state index in [1.165, 1.54) is 18.2 Å². The number of nitrogens with zero attached hydrogens (tertiary/aromatic N) is 2. The van der Waals surface area contributed by atoms with Gasteiger partial charge in [0.15, 0.2) is 0 Å². The normalized spacial score (nSPS) is 13.8. The Hall–Kier alpha value is -4.50. The summed E-state index contributed by atoms with van der Waals surface area (Å²) in [6.07, 6.45) is 0. The Balaban J connectivity index is 1.72. The van der Waals surface area contributed by atoms with E-state index in [-0.39, 0.29) is 24.0 Å².